The second-order valence-corrected chi connectivity index (χ2v) is 7.39. The van der Waals surface area contributed by atoms with Crippen molar-refractivity contribution in [3.63, 3.8) is 0 Å². The number of sulfonamides is 1. The lowest BCUT2D eigenvalue weighted by molar-refractivity contribution is -0.385. The smallest absolute Gasteiger partial charge is 0.269 e. The maximum atomic E-state index is 12.8. The van der Waals surface area contributed by atoms with Crippen LogP contribution in [-0.2, 0) is 10.0 Å². The van der Waals surface area contributed by atoms with E-state index in [1.165, 1.54) is 23.5 Å². The van der Waals surface area contributed by atoms with Gasteiger partial charge in [-0.15, -0.1) is 0 Å². The maximum Gasteiger partial charge on any atom is 0.273 e. The molecule has 0 radical (unpaired) electrons. The van der Waals surface area contributed by atoms with E-state index < -0.39 is 14.9 Å². The molecule has 7 heteroatoms. The molecule has 122 valence electrons. The topological polar surface area (TPSA) is 80.5 Å². The van der Waals surface area contributed by atoms with Crippen molar-refractivity contribution < 1.29 is 13.3 Å². The molecule has 23 heavy (non-hydrogen) atoms. The number of anilines is 1. The van der Waals surface area contributed by atoms with Crippen molar-refractivity contribution >= 4 is 21.4 Å². The van der Waals surface area contributed by atoms with Crippen molar-refractivity contribution in [2.24, 2.45) is 0 Å². The molecule has 0 aromatic heterocycles. The van der Waals surface area contributed by atoms with Crippen molar-refractivity contribution in [2.45, 2.75) is 25.7 Å². The molecular weight excluding hydrogens is 316 g/mol. The summed E-state index contributed by atoms with van der Waals surface area (Å²) >= 11 is 0. The Morgan fingerprint density at radius 3 is 2.09 bits per heavy atom. The van der Waals surface area contributed by atoms with Crippen molar-refractivity contribution in [2.75, 3.05) is 11.4 Å². The van der Waals surface area contributed by atoms with Gasteiger partial charge in [0.05, 0.1) is 15.5 Å². The Bertz CT molecular complexity index is 855. The third-order valence-electron chi connectivity index (χ3n) is 3.79. The van der Waals surface area contributed by atoms with E-state index in [9.17, 15) is 18.5 Å². The fourth-order valence-electron chi connectivity index (χ4n) is 2.53. The van der Waals surface area contributed by atoms with Crippen molar-refractivity contribution in [3.05, 3.63) is 63.2 Å². The first kappa shape index (κ1) is 17.0. The SMILES string of the molecule is Cc1ccc(S(=O)(=O)N(C)c2c(C)cccc2C)cc1[N+](=O)[O-]. The van der Waals surface area contributed by atoms with Crippen LogP contribution in [0.25, 0.3) is 0 Å². The van der Waals surface area contributed by atoms with Crippen molar-refractivity contribution in [1.29, 1.82) is 0 Å². The Morgan fingerprint density at radius 2 is 1.57 bits per heavy atom. The number of nitrogens with zero attached hydrogens (tertiary/aromatic N) is 2. The molecule has 2 aromatic carbocycles. The summed E-state index contributed by atoms with van der Waals surface area (Å²) in [6.45, 7) is 5.22. The molecule has 0 bridgehead atoms. The summed E-state index contributed by atoms with van der Waals surface area (Å²) in [6.07, 6.45) is 0. The maximum absolute atomic E-state index is 12.8. The summed E-state index contributed by atoms with van der Waals surface area (Å²) < 4.78 is 26.8. The molecule has 0 heterocycles. The minimum atomic E-state index is -3.88. The zero-order chi connectivity index (χ0) is 17.4. The lowest BCUT2D eigenvalue weighted by Crippen LogP contribution is -2.28. The Hall–Kier alpha value is -2.41. The average molecular weight is 334 g/mol. The molecule has 0 saturated carbocycles. The van der Waals surface area contributed by atoms with Crippen LogP contribution in [0.3, 0.4) is 0 Å². The number of benzene rings is 2. The van der Waals surface area contributed by atoms with E-state index in [1.807, 2.05) is 32.0 Å². The van der Waals surface area contributed by atoms with Gasteiger partial charge >= 0.3 is 0 Å². The number of para-hydroxylation sites is 1. The Kier molecular flexibility index (Phi) is 4.42. The highest BCUT2D eigenvalue weighted by Crippen LogP contribution is 2.30. The van der Waals surface area contributed by atoms with Crippen LogP contribution in [-0.4, -0.2) is 20.4 Å². The Morgan fingerprint density at radius 1 is 1.00 bits per heavy atom. The lowest BCUT2D eigenvalue weighted by atomic mass is 10.1. The van der Waals surface area contributed by atoms with E-state index in [4.69, 9.17) is 0 Å². The number of nitro groups is 1. The Balaban J connectivity index is 2.59. The number of aryl methyl sites for hydroxylation is 3. The normalized spacial score (nSPS) is 11.3. The Labute approximate surface area is 135 Å². The van der Waals surface area contributed by atoms with Crippen LogP contribution in [0, 0.1) is 30.9 Å². The first-order valence-electron chi connectivity index (χ1n) is 6.96. The largest absolute Gasteiger partial charge is 0.273 e. The molecule has 0 saturated heterocycles. The first-order valence-corrected chi connectivity index (χ1v) is 8.40. The van der Waals surface area contributed by atoms with Crippen LogP contribution < -0.4 is 4.31 Å². The molecule has 0 fully saturated rings. The van der Waals surface area contributed by atoms with Gasteiger partial charge < -0.3 is 0 Å². The highest BCUT2D eigenvalue weighted by Gasteiger charge is 2.26. The van der Waals surface area contributed by atoms with Gasteiger partial charge in [0.1, 0.15) is 0 Å². The van der Waals surface area contributed by atoms with Crippen LogP contribution in [0.1, 0.15) is 16.7 Å². The molecule has 0 unspecified atom stereocenters. The summed E-state index contributed by atoms with van der Waals surface area (Å²) in [4.78, 5) is 10.4. The van der Waals surface area contributed by atoms with Crippen LogP contribution >= 0.6 is 0 Å². The fraction of sp³-hybridized carbons (Fsp3) is 0.250. The van der Waals surface area contributed by atoms with Gasteiger partial charge in [0.2, 0.25) is 0 Å². The molecule has 0 N–H and O–H groups in total. The minimum absolute atomic E-state index is 0.0973. The molecular formula is C16H18N2O4S. The quantitative estimate of drug-likeness (QED) is 0.634. The monoisotopic (exact) mass is 334 g/mol. The van der Waals surface area contributed by atoms with Crippen LogP contribution in [0.15, 0.2) is 41.3 Å². The van der Waals surface area contributed by atoms with Gasteiger partial charge in [-0.2, -0.15) is 0 Å². The van der Waals surface area contributed by atoms with Crippen molar-refractivity contribution in [3.8, 4) is 0 Å². The zero-order valence-electron chi connectivity index (χ0n) is 13.4. The minimum Gasteiger partial charge on any atom is -0.269 e. The van der Waals surface area contributed by atoms with E-state index in [1.54, 1.807) is 6.92 Å². The third kappa shape index (κ3) is 3.05. The summed E-state index contributed by atoms with van der Waals surface area (Å²) in [6, 6.07) is 9.45. The molecule has 2 rings (SSSR count). The first-order chi connectivity index (χ1) is 10.7. The van der Waals surface area contributed by atoms with Gasteiger partial charge in [-0.3, -0.25) is 14.4 Å². The van der Waals surface area contributed by atoms with Gasteiger partial charge in [-0.1, -0.05) is 24.3 Å². The van der Waals surface area contributed by atoms with E-state index in [-0.39, 0.29) is 10.6 Å². The summed E-state index contributed by atoms with van der Waals surface area (Å²) in [5.41, 5.74) is 2.43. The molecule has 0 atom stereocenters. The number of rotatable bonds is 4. The molecule has 0 aliphatic heterocycles. The third-order valence-corrected chi connectivity index (χ3v) is 5.54. The number of hydrogen-bond donors (Lipinski definition) is 0. The number of hydrogen-bond acceptors (Lipinski definition) is 4. The second-order valence-electron chi connectivity index (χ2n) is 5.42. The van der Waals surface area contributed by atoms with Gasteiger partial charge in [0.25, 0.3) is 15.7 Å². The second kappa shape index (κ2) is 6.00. The van der Waals surface area contributed by atoms with Gasteiger partial charge in [-0.05, 0) is 38.0 Å². The van der Waals surface area contributed by atoms with Crippen molar-refractivity contribution in [1.82, 2.24) is 0 Å². The molecule has 0 amide bonds. The van der Waals surface area contributed by atoms with Gasteiger partial charge in [0.15, 0.2) is 0 Å². The van der Waals surface area contributed by atoms with E-state index in [2.05, 4.69) is 0 Å². The molecule has 2 aromatic rings. The summed E-state index contributed by atoms with van der Waals surface area (Å²) in [7, 11) is -2.43. The molecule has 0 aliphatic carbocycles. The highest BCUT2D eigenvalue weighted by atomic mass is 32.2. The highest BCUT2D eigenvalue weighted by molar-refractivity contribution is 7.92. The van der Waals surface area contributed by atoms with Crippen LogP contribution in [0.2, 0.25) is 0 Å². The number of nitro benzene ring substituents is 1. The zero-order valence-corrected chi connectivity index (χ0v) is 14.2. The average Bonchev–Trinajstić information content (AvgIpc) is 2.46. The van der Waals surface area contributed by atoms with E-state index in [0.717, 1.165) is 17.2 Å². The molecule has 0 spiro atoms. The fourth-order valence-corrected chi connectivity index (χ4v) is 3.87. The standard InChI is InChI=1S/C16H18N2O4S/c1-11-8-9-14(10-15(11)18(19)20)23(21,22)17(4)16-12(2)6-5-7-13(16)3/h5-10H,1-4H3. The van der Waals surface area contributed by atoms with Crippen LogP contribution in [0.5, 0.6) is 0 Å². The van der Waals surface area contributed by atoms with E-state index >= 15 is 0 Å². The van der Waals surface area contributed by atoms with E-state index in [0.29, 0.717) is 11.3 Å². The predicted molar refractivity (Wildman–Crippen MR) is 89.3 cm³/mol. The van der Waals surface area contributed by atoms with Crippen LogP contribution in [0.4, 0.5) is 11.4 Å². The lowest BCUT2D eigenvalue weighted by Gasteiger charge is -2.23. The molecule has 0 aliphatic rings. The summed E-state index contributed by atoms with van der Waals surface area (Å²) in [5.74, 6) is 0. The van der Waals surface area contributed by atoms with Gasteiger partial charge in [-0.25, -0.2) is 8.42 Å². The van der Waals surface area contributed by atoms with Gasteiger partial charge in [0, 0.05) is 18.7 Å². The summed E-state index contributed by atoms with van der Waals surface area (Å²) in [5, 5.41) is 11.0. The molecule has 6 nitrogen and oxygen atoms in total. The predicted octanol–water partition coefficient (Wildman–Crippen LogP) is 3.35.